The van der Waals surface area contributed by atoms with Crippen LogP contribution in [0.5, 0.6) is 5.75 Å². The number of ether oxygens (including phenoxy) is 1. The van der Waals surface area contributed by atoms with Crippen LogP contribution in [0.1, 0.15) is 5.56 Å². The van der Waals surface area contributed by atoms with Crippen LogP contribution < -0.4 is 4.74 Å². The molecule has 0 fully saturated rings. The maximum Gasteiger partial charge on any atom is 0.387 e. The highest BCUT2D eigenvalue weighted by Gasteiger charge is 2.03. The monoisotopic (exact) mass is 183 g/mol. The second-order valence-electron chi connectivity index (χ2n) is 2.36. The summed E-state index contributed by atoms with van der Waals surface area (Å²) >= 11 is 0. The first kappa shape index (κ1) is 9.46. The molecule has 0 N–H and O–H groups in total. The summed E-state index contributed by atoms with van der Waals surface area (Å²) in [5.41, 5.74) is 0.667. The van der Waals surface area contributed by atoms with Gasteiger partial charge in [-0.3, -0.25) is 0 Å². The normalized spacial score (nSPS) is 9.69. The fraction of sp³-hybridized carbons (Fsp3) is 0.222. The van der Waals surface area contributed by atoms with Crippen LogP contribution in [0.15, 0.2) is 24.3 Å². The summed E-state index contributed by atoms with van der Waals surface area (Å²) in [4.78, 5) is 0. The minimum absolute atomic E-state index is 0.0859. The SMILES string of the molecule is N#CCc1cccc(OC(F)F)c1. The molecule has 0 atom stereocenters. The van der Waals surface area contributed by atoms with Crippen LogP contribution in [0, 0.1) is 11.3 Å². The molecule has 13 heavy (non-hydrogen) atoms. The third-order valence-electron chi connectivity index (χ3n) is 1.41. The third-order valence-corrected chi connectivity index (χ3v) is 1.41. The van der Waals surface area contributed by atoms with Gasteiger partial charge in [0.1, 0.15) is 5.75 Å². The van der Waals surface area contributed by atoms with E-state index in [1.807, 2.05) is 6.07 Å². The predicted octanol–water partition coefficient (Wildman–Crippen LogP) is 2.35. The molecule has 1 rings (SSSR count). The molecule has 1 aromatic carbocycles. The van der Waals surface area contributed by atoms with E-state index in [9.17, 15) is 8.78 Å². The molecule has 0 amide bonds. The molecule has 0 aliphatic rings. The van der Waals surface area contributed by atoms with Crippen molar-refractivity contribution in [1.29, 1.82) is 5.26 Å². The molecule has 0 saturated heterocycles. The van der Waals surface area contributed by atoms with Gasteiger partial charge < -0.3 is 4.74 Å². The Balaban J connectivity index is 2.74. The van der Waals surface area contributed by atoms with Gasteiger partial charge in [0.25, 0.3) is 0 Å². The molecule has 4 heteroatoms. The molecular formula is C9H7F2NO. The van der Waals surface area contributed by atoms with E-state index in [0.717, 1.165) is 0 Å². The van der Waals surface area contributed by atoms with Gasteiger partial charge in [-0.15, -0.1) is 0 Å². The lowest BCUT2D eigenvalue weighted by Gasteiger charge is -2.04. The lowest BCUT2D eigenvalue weighted by molar-refractivity contribution is -0.0498. The molecule has 0 saturated carbocycles. The van der Waals surface area contributed by atoms with Crippen LogP contribution in [-0.4, -0.2) is 6.61 Å². The van der Waals surface area contributed by atoms with Crippen molar-refractivity contribution in [3.8, 4) is 11.8 Å². The average molecular weight is 183 g/mol. The van der Waals surface area contributed by atoms with Crippen LogP contribution in [0.2, 0.25) is 0 Å². The van der Waals surface area contributed by atoms with Gasteiger partial charge in [-0.2, -0.15) is 14.0 Å². The van der Waals surface area contributed by atoms with Gasteiger partial charge in [0.2, 0.25) is 0 Å². The molecule has 2 nitrogen and oxygen atoms in total. The largest absolute Gasteiger partial charge is 0.435 e. The van der Waals surface area contributed by atoms with Crippen molar-refractivity contribution < 1.29 is 13.5 Å². The van der Waals surface area contributed by atoms with Gasteiger partial charge in [-0.05, 0) is 17.7 Å². The van der Waals surface area contributed by atoms with Gasteiger partial charge in [0.05, 0.1) is 12.5 Å². The van der Waals surface area contributed by atoms with Gasteiger partial charge in [0, 0.05) is 0 Å². The first-order chi connectivity index (χ1) is 6.22. The van der Waals surface area contributed by atoms with Crippen molar-refractivity contribution in [2.45, 2.75) is 13.0 Å². The Morgan fingerprint density at radius 1 is 1.46 bits per heavy atom. The standard InChI is InChI=1S/C9H7F2NO/c10-9(11)13-8-3-1-2-7(6-8)4-5-12/h1-3,6,9H,4H2. The van der Waals surface area contributed by atoms with E-state index in [-0.39, 0.29) is 12.2 Å². The summed E-state index contributed by atoms with van der Waals surface area (Å²) in [5, 5.41) is 8.35. The fourth-order valence-corrected chi connectivity index (χ4v) is 0.923. The number of nitriles is 1. The molecular weight excluding hydrogens is 176 g/mol. The van der Waals surface area contributed by atoms with Gasteiger partial charge in [-0.25, -0.2) is 0 Å². The molecule has 0 spiro atoms. The van der Waals surface area contributed by atoms with Crippen LogP contribution in [-0.2, 0) is 6.42 Å². The number of rotatable bonds is 3. The van der Waals surface area contributed by atoms with Crippen molar-refractivity contribution in [2.75, 3.05) is 0 Å². The summed E-state index contributed by atoms with van der Waals surface area (Å²) in [7, 11) is 0. The number of halogens is 2. The summed E-state index contributed by atoms with van der Waals surface area (Å²) in [6.07, 6.45) is 0.195. The van der Waals surface area contributed by atoms with Gasteiger partial charge >= 0.3 is 6.61 Å². The van der Waals surface area contributed by atoms with Crippen LogP contribution >= 0.6 is 0 Å². The minimum Gasteiger partial charge on any atom is -0.435 e. The van der Waals surface area contributed by atoms with E-state index >= 15 is 0 Å². The van der Waals surface area contributed by atoms with E-state index in [0.29, 0.717) is 5.56 Å². The van der Waals surface area contributed by atoms with Crippen molar-refractivity contribution in [2.24, 2.45) is 0 Å². The maximum absolute atomic E-state index is 11.8. The van der Waals surface area contributed by atoms with Crippen molar-refractivity contribution in [1.82, 2.24) is 0 Å². The summed E-state index contributed by atoms with van der Waals surface area (Å²) < 4.78 is 27.7. The second-order valence-corrected chi connectivity index (χ2v) is 2.36. The average Bonchev–Trinajstić information content (AvgIpc) is 2.04. The van der Waals surface area contributed by atoms with Crippen LogP contribution in [0.3, 0.4) is 0 Å². The van der Waals surface area contributed by atoms with Crippen molar-refractivity contribution >= 4 is 0 Å². The zero-order chi connectivity index (χ0) is 9.68. The zero-order valence-corrected chi connectivity index (χ0v) is 6.71. The Hall–Kier alpha value is -1.63. The first-order valence-corrected chi connectivity index (χ1v) is 3.63. The summed E-state index contributed by atoms with van der Waals surface area (Å²) in [5.74, 6) is 0.0859. The first-order valence-electron chi connectivity index (χ1n) is 3.63. The highest BCUT2D eigenvalue weighted by Crippen LogP contribution is 2.15. The highest BCUT2D eigenvalue weighted by atomic mass is 19.3. The second kappa shape index (κ2) is 4.41. The van der Waals surface area contributed by atoms with Crippen LogP contribution in [0.25, 0.3) is 0 Å². The lowest BCUT2D eigenvalue weighted by atomic mass is 10.2. The molecule has 0 heterocycles. The number of hydrogen-bond donors (Lipinski definition) is 0. The highest BCUT2D eigenvalue weighted by molar-refractivity contribution is 5.29. The minimum atomic E-state index is -2.82. The smallest absolute Gasteiger partial charge is 0.387 e. The Morgan fingerprint density at radius 3 is 2.85 bits per heavy atom. The quantitative estimate of drug-likeness (QED) is 0.720. The van der Waals surface area contributed by atoms with E-state index in [4.69, 9.17) is 5.26 Å². The summed E-state index contributed by atoms with van der Waals surface area (Å²) in [6, 6.07) is 8.03. The Morgan fingerprint density at radius 2 is 2.23 bits per heavy atom. The molecule has 68 valence electrons. The zero-order valence-electron chi connectivity index (χ0n) is 6.71. The molecule has 1 aromatic rings. The Labute approximate surface area is 74.4 Å². The fourth-order valence-electron chi connectivity index (χ4n) is 0.923. The van der Waals surface area contributed by atoms with Crippen LogP contribution in [0.4, 0.5) is 8.78 Å². The van der Waals surface area contributed by atoms with E-state index in [1.54, 1.807) is 12.1 Å². The lowest BCUT2D eigenvalue weighted by Crippen LogP contribution is -2.01. The molecule has 0 aromatic heterocycles. The molecule has 0 radical (unpaired) electrons. The predicted molar refractivity (Wildman–Crippen MR) is 42.4 cm³/mol. The van der Waals surface area contributed by atoms with Gasteiger partial charge in [-0.1, -0.05) is 12.1 Å². The van der Waals surface area contributed by atoms with Crippen molar-refractivity contribution in [3.63, 3.8) is 0 Å². The Bertz CT molecular complexity index is 320. The summed E-state index contributed by atoms with van der Waals surface area (Å²) in [6.45, 7) is -2.82. The molecule has 0 bridgehead atoms. The van der Waals surface area contributed by atoms with Gasteiger partial charge in [0.15, 0.2) is 0 Å². The van der Waals surface area contributed by atoms with E-state index < -0.39 is 6.61 Å². The third kappa shape index (κ3) is 3.08. The number of alkyl halides is 2. The van der Waals surface area contributed by atoms with E-state index in [2.05, 4.69) is 4.74 Å². The maximum atomic E-state index is 11.8. The topological polar surface area (TPSA) is 33.0 Å². The molecule has 0 aliphatic heterocycles. The molecule has 0 aliphatic carbocycles. The van der Waals surface area contributed by atoms with Crippen molar-refractivity contribution in [3.05, 3.63) is 29.8 Å². The molecule has 0 unspecified atom stereocenters. The Kier molecular flexibility index (Phi) is 3.21. The number of hydrogen-bond acceptors (Lipinski definition) is 2. The van der Waals surface area contributed by atoms with E-state index in [1.165, 1.54) is 12.1 Å². The number of nitrogens with zero attached hydrogens (tertiary/aromatic N) is 1. The number of benzene rings is 1.